The molecule has 0 radical (unpaired) electrons. The van der Waals surface area contributed by atoms with Crippen LogP contribution in [0.4, 0.5) is 5.95 Å². The molecule has 1 aliphatic rings. The summed E-state index contributed by atoms with van der Waals surface area (Å²) in [5, 5.41) is 8.95. The van der Waals surface area contributed by atoms with Crippen LogP contribution in [0.15, 0.2) is 53.6 Å². The minimum absolute atomic E-state index is 0.0479. The maximum Gasteiger partial charge on any atom is 0.255 e. The van der Waals surface area contributed by atoms with E-state index >= 15 is 0 Å². The van der Waals surface area contributed by atoms with E-state index in [2.05, 4.69) is 20.9 Å². The average molecular weight is 400 g/mol. The van der Waals surface area contributed by atoms with E-state index in [1.54, 1.807) is 6.20 Å². The summed E-state index contributed by atoms with van der Waals surface area (Å²) in [6, 6.07) is 13.7. The average Bonchev–Trinajstić information content (AvgIpc) is 2.98. The van der Waals surface area contributed by atoms with Gasteiger partial charge in [-0.05, 0) is 35.7 Å². The fourth-order valence-corrected chi connectivity index (χ4v) is 3.76. The number of fused-ring (bicyclic) bond motifs is 1. The van der Waals surface area contributed by atoms with Crippen LogP contribution in [0.3, 0.4) is 0 Å². The van der Waals surface area contributed by atoms with Crippen molar-refractivity contribution in [3.05, 3.63) is 87.1 Å². The fourth-order valence-electron chi connectivity index (χ4n) is 3.76. The van der Waals surface area contributed by atoms with E-state index in [4.69, 9.17) is 10.2 Å². The van der Waals surface area contributed by atoms with E-state index in [0.29, 0.717) is 24.5 Å². The van der Waals surface area contributed by atoms with E-state index < -0.39 is 0 Å². The van der Waals surface area contributed by atoms with Crippen LogP contribution in [-0.2, 0) is 25.9 Å². The fraction of sp³-hybridized carbons (Fsp3) is 0.304. The Balaban J connectivity index is 1.47. The summed E-state index contributed by atoms with van der Waals surface area (Å²) in [5.41, 5.74) is 4.52. The smallest absolute Gasteiger partial charge is 0.255 e. The number of nitrogens with zero attached hydrogens (tertiary/aromatic N) is 5. The van der Waals surface area contributed by atoms with Gasteiger partial charge in [0.15, 0.2) is 0 Å². The number of anilines is 1. The Morgan fingerprint density at radius 1 is 1.17 bits per heavy atom. The minimum atomic E-state index is -0.0479. The van der Waals surface area contributed by atoms with Crippen LogP contribution >= 0.6 is 0 Å². The lowest BCUT2D eigenvalue weighted by atomic mass is 10.1. The first-order chi connectivity index (χ1) is 14.6. The number of hydrogen-bond donors (Lipinski definition) is 1. The third kappa shape index (κ3) is 4.56. The maximum absolute atomic E-state index is 12.7. The zero-order chi connectivity index (χ0) is 20.9. The Hall–Kier alpha value is -3.50. The second-order valence-electron chi connectivity index (χ2n) is 7.62. The van der Waals surface area contributed by atoms with Crippen LogP contribution in [0, 0.1) is 11.3 Å². The molecule has 0 fully saturated rings. The van der Waals surface area contributed by atoms with E-state index in [0.717, 1.165) is 42.9 Å². The maximum atomic E-state index is 12.7. The van der Waals surface area contributed by atoms with Gasteiger partial charge >= 0.3 is 0 Å². The van der Waals surface area contributed by atoms with Gasteiger partial charge in [-0.1, -0.05) is 18.2 Å². The normalized spacial score (nSPS) is 13.9. The molecule has 30 heavy (non-hydrogen) atoms. The van der Waals surface area contributed by atoms with Crippen LogP contribution in [-0.4, -0.2) is 40.0 Å². The van der Waals surface area contributed by atoms with Crippen LogP contribution in [0.1, 0.15) is 27.9 Å². The molecule has 1 aliphatic heterocycles. The molecule has 0 bridgehead atoms. The Morgan fingerprint density at radius 3 is 2.70 bits per heavy atom. The van der Waals surface area contributed by atoms with Crippen molar-refractivity contribution < 1.29 is 0 Å². The predicted molar refractivity (Wildman–Crippen MR) is 115 cm³/mol. The Kier molecular flexibility index (Phi) is 5.87. The van der Waals surface area contributed by atoms with Crippen LogP contribution < -0.4 is 10.5 Å². The highest BCUT2D eigenvalue weighted by Crippen LogP contribution is 2.16. The van der Waals surface area contributed by atoms with Crippen molar-refractivity contribution in [2.75, 3.05) is 25.0 Å². The molecule has 152 valence electrons. The molecule has 4 rings (SSSR count). The number of aromatic nitrogens is 3. The number of H-pyrrole nitrogens is 1. The summed E-state index contributed by atoms with van der Waals surface area (Å²) in [6.45, 7) is 3.07. The molecular formula is C23H24N6O. The second kappa shape index (κ2) is 8.89. The molecule has 7 nitrogen and oxygen atoms in total. The van der Waals surface area contributed by atoms with Crippen molar-refractivity contribution in [3.8, 4) is 6.07 Å². The highest BCUT2D eigenvalue weighted by molar-refractivity contribution is 5.35. The highest BCUT2D eigenvalue weighted by atomic mass is 16.1. The molecule has 3 aromatic rings. The lowest BCUT2D eigenvalue weighted by molar-refractivity contribution is 0.279. The van der Waals surface area contributed by atoms with Gasteiger partial charge < -0.3 is 4.90 Å². The molecule has 0 unspecified atom stereocenters. The molecule has 1 N–H and O–H groups in total. The molecule has 0 saturated heterocycles. The Morgan fingerprint density at radius 2 is 1.97 bits per heavy atom. The third-order valence-corrected chi connectivity index (χ3v) is 5.42. The number of nitriles is 1. The van der Waals surface area contributed by atoms with Crippen LogP contribution in [0.5, 0.6) is 0 Å². The summed E-state index contributed by atoms with van der Waals surface area (Å²) in [5.74, 6) is 0.586. The lowest BCUT2D eigenvalue weighted by Crippen LogP contribution is -2.27. The predicted octanol–water partition coefficient (Wildman–Crippen LogP) is 2.27. The van der Waals surface area contributed by atoms with Crippen molar-refractivity contribution in [1.82, 2.24) is 19.9 Å². The molecule has 0 atom stereocenters. The summed E-state index contributed by atoms with van der Waals surface area (Å²) >= 11 is 0. The van der Waals surface area contributed by atoms with Gasteiger partial charge in [0.05, 0.1) is 17.3 Å². The standard InChI is InChI=1S/C23H24N6O/c1-28(15-19-3-2-10-25-14-19)23-26-21-9-12-29(11-8-20(21)22(30)27-23)16-18-6-4-17(13-24)5-7-18/h2-7,10,14H,8-9,11-12,15-16H2,1H3,(H,26,27,30). The van der Waals surface area contributed by atoms with Crippen molar-refractivity contribution in [3.63, 3.8) is 0 Å². The minimum Gasteiger partial charge on any atom is -0.341 e. The first-order valence-corrected chi connectivity index (χ1v) is 10.1. The SMILES string of the molecule is CN(Cc1cccnc1)c1nc2c(c(=O)[nH]1)CCN(Cc1ccc(C#N)cc1)CC2. The molecule has 0 spiro atoms. The molecule has 1 aromatic carbocycles. The van der Waals surface area contributed by atoms with Gasteiger partial charge in [-0.15, -0.1) is 0 Å². The summed E-state index contributed by atoms with van der Waals surface area (Å²) in [4.78, 5) is 28.9. The monoisotopic (exact) mass is 400 g/mol. The van der Waals surface area contributed by atoms with E-state index in [9.17, 15) is 4.79 Å². The zero-order valence-corrected chi connectivity index (χ0v) is 17.0. The topological polar surface area (TPSA) is 88.9 Å². The highest BCUT2D eigenvalue weighted by Gasteiger charge is 2.20. The Labute approximate surface area is 175 Å². The van der Waals surface area contributed by atoms with Gasteiger partial charge in [0.2, 0.25) is 5.95 Å². The number of aromatic amines is 1. The van der Waals surface area contributed by atoms with Crippen molar-refractivity contribution >= 4 is 5.95 Å². The summed E-state index contributed by atoms with van der Waals surface area (Å²) < 4.78 is 0. The number of benzene rings is 1. The van der Waals surface area contributed by atoms with Crippen molar-refractivity contribution in [2.45, 2.75) is 25.9 Å². The molecular weight excluding hydrogens is 376 g/mol. The number of rotatable bonds is 5. The van der Waals surface area contributed by atoms with Crippen molar-refractivity contribution in [1.29, 1.82) is 5.26 Å². The summed E-state index contributed by atoms with van der Waals surface area (Å²) in [7, 11) is 1.92. The molecule has 2 aromatic heterocycles. The van der Waals surface area contributed by atoms with E-state index in [-0.39, 0.29) is 5.56 Å². The Bertz CT molecular complexity index is 1100. The summed E-state index contributed by atoms with van der Waals surface area (Å²) in [6.07, 6.45) is 4.98. The zero-order valence-electron chi connectivity index (χ0n) is 17.0. The van der Waals surface area contributed by atoms with Gasteiger partial charge in [-0.25, -0.2) is 4.98 Å². The van der Waals surface area contributed by atoms with Crippen LogP contribution in [0.25, 0.3) is 0 Å². The molecule has 0 amide bonds. The molecule has 0 aliphatic carbocycles. The third-order valence-electron chi connectivity index (χ3n) is 5.42. The second-order valence-corrected chi connectivity index (χ2v) is 7.62. The van der Waals surface area contributed by atoms with Gasteiger partial charge in [0.25, 0.3) is 5.56 Å². The molecule has 3 heterocycles. The van der Waals surface area contributed by atoms with E-state index in [1.165, 1.54) is 5.56 Å². The lowest BCUT2D eigenvalue weighted by Gasteiger charge is -2.19. The van der Waals surface area contributed by atoms with Crippen molar-refractivity contribution in [2.24, 2.45) is 0 Å². The van der Waals surface area contributed by atoms with Gasteiger partial charge in [-0.3, -0.25) is 19.7 Å². The van der Waals surface area contributed by atoms with Gasteiger partial charge in [-0.2, -0.15) is 5.26 Å². The van der Waals surface area contributed by atoms with E-state index in [1.807, 2.05) is 54.5 Å². The number of pyridine rings is 1. The first-order valence-electron chi connectivity index (χ1n) is 10.1. The molecule has 7 heteroatoms. The largest absolute Gasteiger partial charge is 0.341 e. The van der Waals surface area contributed by atoms with Crippen LogP contribution in [0.2, 0.25) is 0 Å². The van der Waals surface area contributed by atoms with Gasteiger partial charge in [0, 0.05) is 57.6 Å². The number of nitrogens with one attached hydrogen (secondary N) is 1. The molecule has 0 saturated carbocycles. The quantitative estimate of drug-likeness (QED) is 0.707. The van der Waals surface area contributed by atoms with Gasteiger partial charge in [0.1, 0.15) is 0 Å². The first kappa shape index (κ1) is 19.8. The number of hydrogen-bond acceptors (Lipinski definition) is 6.